The minimum absolute atomic E-state index is 0.889. The Bertz CT molecular complexity index is 145. The van der Waals surface area contributed by atoms with Gasteiger partial charge in [0.05, 0.1) is 0 Å². The first-order valence-electron chi connectivity index (χ1n) is 8.49. The van der Waals surface area contributed by atoms with Crippen molar-refractivity contribution in [1.29, 1.82) is 0 Å². The number of hydrogen-bond donors (Lipinski definition) is 0. The van der Waals surface area contributed by atoms with Gasteiger partial charge in [0.25, 0.3) is 0 Å². The molecule has 0 spiro atoms. The summed E-state index contributed by atoms with van der Waals surface area (Å²) in [5.41, 5.74) is 0. The zero-order valence-electron chi connectivity index (χ0n) is 12.9. The van der Waals surface area contributed by atoms with Gasteiger partial charge < -0.3 is 0 Å². The molecule has 0 aliphatic heterocycles. The van der Waals surface area contributed by atoms with Crippen LogP contribution in [0.5, 0.6) is 0 Å². The monoisotopic (exact) mass is 320 g/mol. The maximum atomic E-state index is 2.83. The van der Waals surface area contributed by atoms with Crippen LogP contribution in [0.15, 0.2) is 0 Å². The topological polar surface area (TPSA) is 0 Å². The molecule has 0 aromatic rings. The maximum absolute atomic E-state index is 2.83. The van der Waals surface area contributed by atoms with E-state index in [1.165, 1.54) is 89.9 Å². The first-order chi connectivity index (χ1) is 8.81. The van der Waals surface area contributed by atoms with Gasteiger partial charge in [-0.3, -0.25) is 0 Å². The Balaban J connectivity index is 2.94. The zero-order chi connectivity index (χ0) is 13.5. The molecular formula is C17H36Se. The van der Waals surface area contributed by atoms with E-state index in [0.717, 1.165) is 4.82 Å². The van der Waals surface area contributed by atoms with Gasteiger partial charge in [0.1, 0.15) is 0 Å². The van der Waals surface area contributed by atoms with Crippen molar-refractivity contribution in [3.05, 3.63) is 0 Å². The molecule has 110 valence electrons. The van der Waals surface area contributed by atoms with Crippen LogP contribution in [-0.2, 0) is 0 Å². The van der Waals surface area contributed by atoms with Crippen molar-refractivity contribution in [2.75, 3.05) is 0 Å². The van der Waals surface area contributed by atoms with Crippen LogP contribution in [-0.4, -0.2) is 16.0 Å². The average Bonchev–Trinajstić information content (AvgIpc) is 2.39. The number of unbranched alkanes of at least 4 members (excludes halogenated alkanes) is 11. The third-order valence-corrected chi connectivity index (χ3v) is 5.17. The van der Waals surface area contributed by atoms with E-state index >= 15 is 0 Å². The standard InChI is InChI=1S/C17H36Se/c1-3-5-6-7-8-9-10-11-12-13-14-15-16-17(18)4-2/h17-18H,3-16H2,1-2H3. The van der Waals surface area contributed by atoms with E-state index in [4.69, 9.17) is 0 Å². The van der Waals surface area contributed by atoms with Crippen LogP contribution in [0.25, 0.3) is 0 Å². The quantitative estimate of drug-likeness (QED) is 0.265. The van der Waals surface area contributed by atoms with Gasteiger partial charge in [-0.15, -0.1) is 0 Å². The Morgan fingerprint density at radius 1 is 0.611 bits per heavy atom. The van der Waals surface area contributed by atoms with Crippen LogP contribution in [0.3, 0.4) is 0 Å². The summed E-state index contributed by atoms with van der Waals surface area (Å²) in [7, 11) is 0. The molecule has 18 heavy (non-hydrogen) atoms. The van der Waals surface area contributed by atoms with Crippen LogP contribution < -0.4 is 0 Å². The molecule has 0 aliphatic rings. The fraction of sp³-hybridized carbons (Fsp3) is 1.00. The summed E-state index contributed by atoms with van der Waals surface area (Å²) in [6.45, 7) is 4.59. The predicted octanol–water partition coefficient (Wildman–Crippen LogP) is 6.18. The second kappa shape index (κ2) is 15.6. The fourth-order valence-corrected chi connectivity index (χ4v) is 2.81. The summed E-state index contributed by atoms with van der Waals surface area (Å²) in [6, 6.07) is 0. The second-order valence-electron chi connectivity index (χ2n) is 5.74. The molecule has 0 amide bonds. The molecule has 0 rings (SSSR count). The Hall–Kier alpha value is 0.519. The van der Waals surface area contributed by atoms with E-state index in [0.29, 0.717) is 0 Å². The van der Waals surface area contributed by atoms with E-state index in [2.05, 4.69) is 29.9 Å². The van der Waals surface area contributed by atoms with Crippen LogP contribution in [0, 0.1) is 0 Å². The predicted molar refractivity (Wildman–Crippen MR) is 86.9 cm³/mol. The molecule has 0 bridgehead atoms. The average molecular weight is 319 g/mol. The second-order valence-corrected chi connectivity index (χ2v) is 7.27. The van der Waals surface area contributed by atoms with Crippen molar-refractivity contribution in [1.82, 2.24) is 0 Å². The molecule has 1 heteroatoms. The Labute approximate surface area is 125 Å². The zero-order valence-corrected chi connectivity index (χ0v) is 14.8. The molecule has 1 atom stereocenters. The van der Waals surface area contributed by atoms with Gasteiger partial charge in [-0.05, 0) is 0 Å². The molecule has 0 aliphatic carbocycles. The van der Waals surface area contributed by atoms with E-state index in [-0.39, 0.29) is 0 Å². The van der Waals surface area contributed by atoms with Crippen molar-refractivity contribution in [2.24, 2.45) is 0 Å². The molecule has 0 nitrogen and oxygen atoms in total. The van der Waals surface area contributed by atoms with Crippen molar-refractivity contribution in [2.45, 2.75) is 109 Å². The van der Waals surface area contributed by atoms with Gasteiger partial charge in [0.2, 0.25) is 0 Å². The van der Waals surface area contributed by atoms with E-state index in [1.54, 1.807) is 0 Å². The van der Waals surface area contributed by atoms with E-state index in [9.17, 15) is 0 Å². The van der Waals surface area contributed by atoms with E-state index in [1.807, 2.05) is 0 Å². The molecule has 0 fully saturated rings. The van der Waals surface area contributed by atoms with E-state index < -0.39 is 0 Å². The minimum atomic E-state index is 0.889. The van der Waals surface area contributed by atoms with Gasteiger partial charge in [-0.25, -0.2) is 0 Å². The number of rotatable bonds is 14. The first kappa shape index (κ1) is 18.5. The van der Waals surface area contributed by atoms with Crippen LogP contribution in [0.1, 0.15) is 104 Å². The summed E-state index contributed by atoms with van der Waals surface area (Å²) < 4.78 is 0. The molecule has 0 saturated heterocycles. The number of hydrogen-bond acceptors (Lipinski definition) is 0. The molecule has 0 saturated carbocycles. The third kappa shape index (κ3) is 14.6. The van der Waals surface area contributed by atoms with Crippen molar-refractivity contribution in [3.63, 3.8) is 0 Å². The molecule has 0 radical (unpaired) electrons. The van der Waals surface area contributed by atoms with Crippen molar-refractivity contribution < 1.29 is 0 Å². The summed E-state index contributed by atoms with van der Waals surface area (Å²) in [5.74, 6) is 0. The SMILES string of the molecule is CCCCCCCCCCCCCCC([SeH])CC. The fourth-order valence-electron chi connectivity index (χ4n) is 2.43. The van der Waals surface area contributed by atoms with Gasteiger partial charge in [0.15, 0.2) is 0 Å². The molecule has 0 heterocycles. The van der Waals surface area contributed by atoms with Crippen molar-refractivity contribution in [3.8, 4) is 0 Å². The molecule has 0 aromatic heterocycles. The molecular weight excluding hydrogens is 283 g/mol. The molecule has 1 unspecified atom stereocenters. The summed E-state index contributed by atoms with van der Waals surface area (Å²) in [6.07, 6.45) is 20.3. The summed E-state index contributed by atoms with van der Waals surface area (Å²) in [5, 5.41) is 0. The first-order valence-corrected chi connectivity index (χ1v) is 9.57. The van der Waals surface area contributed by atoms with Gasteiger partial charge in [0, 0.05) is 0 Å². The summed E-state index contributed by atoms with van der Waals surface area (Å²) >= 11 is 2.83. The van der Waals surface area contributed by atoms with Crippen LogP contribution in [0.4, 0.5) is 0 Å². The van der Waals surface area contributed by atoms with Gasteiger partial charge in [-0.1, -0.05) is 19.8 Å². The molecule has 0 aromatic carbocycles. The Morgan fingerprint density at radius 2 is 1.00 bits per heavy atom. The summed E-state index contributed by atoms with van der Waals surface area (Å²) in [4.78, 5) is 0.889. The Kier molecular flexibility index (Phi) is 16.0. The van der Waals surface area contributed by atoms with Crippen LogP contribution in [0.2, 0.25) is 4.82 Å². The van der Waals surface area contributed by atoms with Gasteiger partial charge in [-0.2, -0.15) is 0 Å². The molecule has 0 N–H and O–H groups in total. The van der Waals surface area contributed by atoms with Crippen LogP contribution >= 0.6 is 0 Å². The Morgan fingerprint density at radius 3 is 1.39 bits per heavy atom. The van der Waals surface area contributed by atoms with Gasteiger partial charge >= 0.3 is 105 Å². The third-order valence-electron chi connectivity index (χ3n) is 3.86. The van der Waals surface area contributed by atoms with Crippen molar-refractivity contribution >= 4 is 16.0 Å². The normalized spacial score (nSPS) is 12.8.